The molecule has 1 rings (SSSR count). The number of nitrogens with two attached hydrogens (primary N) is 1. The van der Waals surface area contributed by atoms with Crippen molar-refractivity contribution in [3.8, 4) is 0 Å². The van der Waals surface area contributed by atoms with Crippen LogP contribution in [0.4, 0.5) is 0 Å². The molecular formula is C8H8N2O4. The molecule has 0 fully saturated rings. The molecule has 0 radical (unpaired) electrons. The van der Waals surface area contributed by atoms with Gasteiger partial charge in [0.2, 0.25) is 0 Å². The number of pyridine rings is 1. The van der Waals surface area contributed by atoms with E-state index < -0.39 is 24.0 Å². The molecule has 6 nitrogen and oxygen atoms in total. The van der Waals surface area contributed by atoms with Gasteiger partial charge in [0.15, 0.2) is 6.61 Å². The molecule has 0 atom stereocenters. The Labute approximate surface area is 78.7 Å². The van der Waals surface area contributed by atoms with Gasteiger partial charge in [-0.1, -0.05) is 0 Å². The standard InChI is InChI=1S/C8H8N2O4/c9-6(11)4-14-8(13)5-2-1-3-10-7(5)12/h1-3H,4H2,(H2,9,11)(H,10,12). The molecule has 0 spiro atoms. The van der Waals surface area contributed by atoms with Crippen molar-refractivity contribution in [2.24, 2.45) is 5.73 Å². The van der Waals surface area contributed by atoms with Gasteiger partial charge in [-0.25, -0.2) is 4.79 Å². The molecule has 0 aliphatic rings. The number of nitrogens with one attached hydrogen (secondary N) is 1. The highest BCUT2D eigenvalue weighted by Gasteiger charge is 2.11. The topological polar surface area (TPSA) is 102 Å². The van der Waals surface area contributed by atoms with Gasteiger partial charge in [0.25, 0.3) is 11.5 Å². The summed E-state index contributed by atoms with van der Waals surface area (Å²) in [6.07, 6.45) is 1.38. The number of esters is 1. The van der Waals surface area contributed by atoms with Crippen molar-refractivity contribution in [1.29, 1.82) is 0 Å². The van der Waals surface area contributed by atoms with Gasteiger partial charge < -0.3 is 15.5 Å². The lowest BCUT2D eigenvalue weighted by Gasteiger charge is -2.00. The minimum absolute atomic E-state index is 0.159. The lowest BCUT2D eigenvalue weighted by atomic mass is 10.3. The highest BCUT2D eigenvalue weighted by atomic mass is 16.5. The maximum Gasteiger partial charge on any atom is 0.344 e. The number of carbonyl (C=O) groups is 2. The number of rotatable bonds is 3. The summed E-state index contributed by atoms with van der Waals surface area (Å²) < 4.78 is 4.44. The largest absolute Gasteiger partial charge is 0.452 e. The molecule has 1 amide bonds. The van der Waals surface area contributed by atoms with Crippen molar-refractivity contribution in [3.63, 3.8) is 0 Å². The fourth-order valence-electron chi connectivity index (χ4n) is 0.797. The fraction of sp³-hybridized carbons (Fsp3) is 0.125. The minimum Gasteiger partial charge on any atom is -0.452 e. The van der Waals surface area contributed by atoms with Crippen molar-refractivity contribution in [1.82, 2.24) is 4.98 Å². The molecule has 0 bridgehead atoms. The average molecular weight is 196 g/mol. The van der Waals surface area contributed by atoms with Crippen molar-refractivity contribution in [2.45, 2.75) is 0 Å². The van der Waals surface area contributed by atoms with E-state index in [-0.39, 0.29) is 5.56 Å². The fourth-order valence-corrected chi connectivity index (χ4v) is 0.797. The SMILES string of the molecule is NC(=O)COC(=O)c1ccc[nH]c1=O. The second-order valence-corrected chi connectivity index (χ2v) is 2.46. The molecule has 0 unspecified atom stereocenters. The Morgan fingerprint density at radius 1 is 1.50 bits per heavy atom. The van der Waals surface area contributed by atoms with Crippen LogP contribution < -0.4 is 11.3 Å². The lowest BCUT2D eigenvalue weighted by molar-refractivity contribution is -0.121. The molecular weight excluding hydrogens is 188 g/mol. The molecule has 0 aromatic carbocycles. The molecule has 0 saturated heterocycles. The predicted molar refractivity (Wildman–Crippen MR) is 46.5 cm³/mol. The molecule has 0 saturated carbocycles. The van der Waals surface area contributed by atoms with Crippen LogP contribution in [0.5, 0.6) is 0 Å². The van der Waals surface area contributed by atoms with Crippen molar-refractivity contribution in [2.75, 3.05) is 6.61 Å². The molecule has 0 aliphatic heterocycles. The zero-order valence-electron chi connectivity index (χ0n) is 7.15. The number of H-pyrrole nitrogens is 1. The molecule has 3 N–H and O–H groups in total. The average Bonchev–Trinajstić information content (AvgIpc) is 2.15. The number of primary amides is 1. The van der Waals surface area contributed by atoms with E-state index in [4.69, 9.17) is 5.73 Å². The molecule has 6 heteroatoms. The number of hydrogen-bond donors (Lipinski definition) is 2. The summed E-state index contributed by atoms with van der Waals surface area (Å²) in [6.45, 7) is -0.535. The van der Waals surface area contributed by atoms with Crippen molar-refractivity contribution >= 4 is 11.9 Å². The van der Waals surface area contributed by atoms with Gasteiger partial charge >= 0.3 is 5.97 Å². The van der Waals surface area contributed by atoms with Crippen LogP contribution in [0.2, 0.25) is 0 Å². The third-order valence-electron chi connectivity index (χ3n) is 1.38. The first-order valence-corrected chi connectivity index (χ1v) is 3.74. The van der Waals surface area contributed by atoms with E-state index in [1.807, 2.05) is 0 Å². The molecule has 74 valence electrons. The van der Waals surface area contributed by atoms with E-state index in [1.165, 1.54) is 18.3 Å². The van der Waals surface area contributed by atoms with Crippen LogP contribution in [0, 0.1) is 0 Å². The summed E-state index contributed by atoms with van der Waals surface area (Å²) in [5.74, 6) is -1.64. The second kappa shape index (κ2) is 4.22. The summed E-state index contributed by atoms with van der Waals surface area (Å²) in [5, 5.41) is 0. The summed E-state index contributed by atoms with van der Waals surface area (Å²) in [4.78, 5) is 34.7. The monoisotopic (exact) mass is 196 g/mol. The van der Waals surface area contributed by atoms with E-state index in [0.29, 0.717) is 0 Å². The van der Waals surface area contributed by atoms with Gasteiger partial charge in [0.05, 0.1) is 0 Å². The second-order valence-electron chi connectivity index (χ2n) is 2.46. The minimum atomic E-state index is -0.870. The normalized spacial score (nSPS) is 9.43. The Bertz CT molecular complexity index is 410. The van der Waals surface area contributed by atoms with Crippen molar-refractivity contribution < 1.29 is 14.3 Å². The highest BCUT2D eigenvalue weighted by Crippen LogP contribution is 1.92. The summed E-state index contributed by atoms with van der Waals surface area (Å²) in [6, 6.07) is 2.77. The van der Waals surface area contributed by atoms with Crippen LogP contribution in [0.3, 0.4) is 0 Å². The van der Waals surface area contributed by atoms with E-state index in [0.717, 1.165) is 0 Å². The van der Waals surface area contributed by atoms with E-state index in [9.17, 15) is 14.4 Å². The Balaban J connectivity index is 2.75. The molecule has 1 aromatic rings. The van der Waals surface area contributed by atoms with E-state index in [1.54, 1.807) is 0 Å². The summed E-state index contributed by atoms with van der Waals surface area (Å²) >= 11 is 0. The van der Waals surface area contributed by atoms with Gasteiger partial charge in [-0.2, -0.15) is 0 Å². The van der Waals surface area contributed by atoms with Crippen LogP contribution in [0.15, 0.2) is 23.1 Å². The third-order valence-corrected chi connectivity index (χ3v) is 1.38. The first kappa shape index (κ1) is 9.97. The van der Waals surface area contributed by atoms with Crippen molar-refractivity contribution in [3.05, 3.63) is 34.2 Å². The quantitative estimate of drug-likeness (QED) is 0.606. The Morgan fingerprint density at radius 2 is 2.21 bits per heavy atom. The maximum absolute atomic E-state index is 11.1. The first-order chi connectivity index (χ1) is 6.61. The first-order valence-electron chi connectivity index (χ1n) is 3.74. The predicted octanol–water partition coefficient (Wildman–Crippen LogP) is -0.983. The zero-order valence-corrected chi connectivity index (χ0v) is 7.15. The summed E-state index contributed by atoms with van der Waals surface area (Å²) in [5.41, 5.74) is 4.03. The van der Waals surface area contributed by atoms with Gasteiger partial charge in [-0.05, 0) is 12.1 Å². The van der Waals surface area contributed by atoms with Crippen LogP contribution in [0.25, 0.3) is 0 Å². The number of ether oxygens (including phenoxy) is 1. The van der Waals surface area contributed by atoms with E-state index in [2.05, 4.69) is 9.72 Å². The number of carbonyl (C=O) groups excluding carboxylic acids is 2. The number of aromatic amines is 1. The third kappa shape index (κ3) is 2.44. The Kier molecular flexibility index (Phi) is 3.01. The number of hydrogen-bond acceptors (Lipinski definition) is 4. The Morgan fingerprint density at radius 3 is 2.79 bits per heavy atom. The number of aromatic nitrogens is 1. The lowest BCUT2D eigenvalue weighted by Crippen LogP contribution is -2.24. The highest BCUT2D eigenvalue weighted by molar-refractivity contribution is 5.90. The molecule has 1 aromatic heterocycles. The van der Waals surface area contributed by atoms with Gasteiger partial charge in [-0.3, -0.25) is 9.59 Å². The molecule has 0 aliphatic carbocycles. The summed E-state index contributed by atoms with van der Waals surface area (Å²) in [7, 11) is 0. The van der Waals surface area contributed by atoms with Crippen LogP contribution in [-0.2, 0) is 9.53 Å². The Hall–Kier alpha value is -2.11. The van der Waals surface area contributed by atoms with Gasteiger partial charge in [0.1, 0.15) is 5.56 Å². The van der Waals surface area contributed by atoms with E-state index >= 15 is 0 Å². The zero-order chi connectivity index (χ0) is 10.6. The van der Waals surface area contributed by atoms with Crippen LogP contribution in [-0.4, -0.2) is 23.5 Å². The molecule has 14 heavy (non-hydrogen) atoms. The maximum atomic E-state index is 11.1. The van der Waals surface area contributed by atoms with Gasteiger partial charge in [0, 0.05) is 6.20 Å². The van der Waals surface area contributed by atoms with Crippen LogP contribution >= 0.6 is 0 Å². The van der Waals surface area contributed by atoms with Gasteiger partial charge in [-0.15, -0.1) is 0 Å². The van der Waals surface area contributed by atoms with Crippen LogP contribution in [0.1, 0.15) is 10.4 Å². The number of amides is 1. The molecule has 1 heterocycles. The smallest absolute Gasteiger partial charge is 0.344 e.